The van der Waals surface area contributed by atoms with Gasteiger partial charge in [0.15, 0.2) is 6.54 Å². The van der Waals surface area contributed by atoms with Gasteiger partial charge in [-0.15, -0.1) is 0 Å². The number of esters is 2. The van der Waals surface area contributed by atoms with Crippen LogP contribution in [0.2, 0.25) is 0 Å². The zero-order chi connectivity index (χ0) is 25.6. The number of fused-ring (bicyclic) bond motifs is 2. The van der Waals surface area contributed by atoms with Gasteiger partial charge in [-0.25, -0.2) is 13.2 Å². The Kier molecular flexibility index (Phi) is 9.31. The number of likely N-dealkylation sites (N-methyl/N-ethyl adjacent to an activating group) is 1. The maximum atomic E-state index is 13.3. The lowest BCUT2D eigenvalue weighted by Crippen LogP contribution is -2.61. The third kappa shape index (κ3) is 7.03. The standard InChI is InChI=1S/C24H34NO4.CH4O4S/c1-25(16-22(26)28-2)19-12-13-20(25)15-21(14-19)29-24(27)23(18-10-6-7-11-18)17-8-4-3-5-9-17;1-5-6(2,3)4/h3-5,8-9,18-21,23H,6-7,10-16H2,1-2H3;1H3,(H,2,3,4)/q+1;/p-1/t19-,20+,21?,23?,25?;. The first-order chi connectivity index (χ1) is 16.6. The topological polar surface area (TPSA) is 119 Å². The molecule has 0 amide bonds. The Morgan fingerprint density at radius 1 is 1.03 bits per heavy atom. The van der Waals surface area contributed by atoms with Crippen molar-refractivity contribution in [2.45, 2.75) is 75.5 Å². The van der Waals surface area contributed by atoms with Crippen LogP contribution in [-0.2, 0) is 33.6 Å². The van der Waals surface area contributed by atoms with Gasteiger partial charge < -0.3 is 18.5 Å². The molecule has 3 fully saturated rings. The van der Waals surface area contributed by atoms with Crippen molar-refractivity contribution in [3.63, 3.8) is 0 Å². The molecule has 35 heavy (non-hydrogen) atoms. The fraction of sp³-hybridized carbons (Fsp3) is 0.680. The highest BCUT2D eigenvalue weighted by Gasteiger charge is 2.53. The van der Waals surface area contributed by atoms with E-state index in [9.17, 15) is 22.6 Å². The normalized spacial score (nSPS) is 29.1. The number of nitrogens with zero attached hydrogens (tertiary/aromatic N) is 1. The van der Waals surface area contributed by atoms with Crippen molar-refractivity contribution >= 4 is 22.3 Å². The lowest BCUT2D eigenvalue weighted by Gasteiger charge is -2.46. The van der Waals surface area contributed by atoms with Crippen molar-refractivity contribution in [2.75, 3.05) is 27.8 Å². The molecule has 0 N–H and O–H groups in total. The van der Waals surface area contributed by atoms with E-state index in [0.29, 0.717) is 24.5 Å². The summed E-state index contributed by atoms with van der Waals surface area (Å²) < 4.78 is 42.9. The molecule has 0 radical (unpaired) electrons. The van der Waals surface area contributed by atoms with Gasteiger partial charge in [0, 0.05) is 25.7 Å². The van der Waals surface area contributed by atoms with E-state index in [4.69, 9.17) is 9.47 Å². The van der Waals surface area contributed by atoms with Crippen LogP contribution in [-0.4, -0.2) is 75.4 Å². The molecule has 0 spiro atoms. The number of carbonyl (C=O) groups is 2. The molecule has 4 rings (SSSR count). The van der Waals surface area contributed by atoms with Gasteiger partial charge in [-0.2, -0.15) is 0 Å². The molecule has 9 nitrogen and oxygen atoms in total. The highest BCUT2D eigenvalue weighted by Crippen LogP contribution is 2.43. The van der Waals surface area contributed by atoms with Gasteiger partial charge in [0.1, 0.15) is 6.10 Å². The van der Waals surface area contributed by atoms with Crippen LogP contribution in [0.4, 0.5) is 0 Å². The number of piperidine rings is 1. The van der Waals surface area contributed by atoms with Crippen molar-refractivity contribution in [2.24, 2.45) is 5.92 Å². The van der Waals surface area contributed by atoms with Crippen LogP contribution in [0.5, 0.6) is 0 Å². The molecule has 10 heteroatoms. The largest absolute Gasteiger partial charge is 0.726 e. The van der Waals surface area contributed by atoms with Crippen molar-refractivity contribution < 1.29 is 40.7 Å². The van der Waals surface area contributed by atoms with Crippen molar-refractivity contribution in [1.82, 2.24) is 0 Å². The number of hydrogen-bond acceptors (Lipinski definition) is 8. The van der Waals surface area contributed by atoms with Crippen molar-refractivity contribution in [1.29, 1.82) is 0 Å². The monoisotopic (exact) mass is 511 g/mol. The Labute approximate surface area is 208 Å². The molecular weight excluding hydrogens is 474 g/mol. The Morgan fingerprint density at radius 3 is 2.06 bits per heavy atom. The number of ether oxygens (including phenoxy) is 2. The van der Waals surface area contributed by atoms with Crippen LogP contribution in [0.3, 0.4) is 0 Å². The molecule has 3 aliphatic rings. The Bertz CT molecular complexity index is 947. The smallest absolute Gasteiger partial charge is 0.361 e. The summed E-state index contributed by atoms with van der Waals surface area (Å²) in [6.45, 7) is 0.418. The molecule has 2 heterocycles. The first kappa shape index (κ1) is 27.6. The van der Waals surface area contributed by atoms with E-state index in [1.807, 2.05) is 18.2 Å². The Morgan fingerprint density at radius 2 is 1.57 bits per heavy atom. The highest BCUT2D eigenvalue weighted by molar-refractivity contribution is 7.80. The molecule has 1 saturated carbocycles. The van der Waals surface area contributed by atoms with Gasteiger partial charge in [-0.05, 0) is 24.3 Å². The maximum absolute atomic E-state index is 13.3. The fourth-order valence-electron chi connectivity index (χ4n) is 6.18. The number of rotatable bonds is 7. The van der Waals surface area contributed by atoms with Crippen LogP contribution < -0.4 is 0 Å². The zero-order valence-corrected chi connectivity index (χ0v) is 21.6. The molecule has 3 unspecified atom stereocenters. The summed E-state index contributed by atoms with van der Waals surface area (Å²) in [6, 6.07) is 10.9. The summed E-state index contributed by atoms with van der Waals surface area (Å²) in [6.07, 6.45) is 8.49. The summed E-state index contributed by atoms with van der Waals surface area (Å²) in [5.74, 6) is 0.0570. The first-order valence-corrected chi connectivity index (χ1v) is 13.6. The third-order valence-corrected chi connectivity index (χ3v) is 8.45. The first-order valence-electron chi connectivity index (χ1n) is 12.3. The minimum atomic E-state index is -4.41. The van der Waals surface area contributed by atoms with Crippen molar-refractivity contribution in [3.05, 3.63) is 35.9 Å². The summed E-state index contributed by atoms with van der Waals surface area (Å²) in [5, 5.41) is 0. The van der Waals surface area contributed by atoms with E-state index in [-0.39, 0.29) is 24.0 Å². The number of carbonyl (C=O) groups excluding carboxylic acids is 2. The molecule has 196 valence electrons. The van der Waals surface area contributed by atoms with Gasteiger partial charge in [-0.1, -0.05) is 43.2 Å². The van der Waals surface area contributed by atoms with Crippen LogP contribution >= 0.6 is 0 Å². The number of hydrogen-bond donors (Lipinski definition) is 0. The molecule has 0 aromatic heterocycles. The quantitative estimate of drug-likeness (QED) is 0.237. The fourth-order valence-corrected chi connectivity index (χ4v) is 6.18. The molecule has 2 bridgehead atoms. The SMILES string of the molecule is COC(=O)C[N+]1(C)[C@@H]2CC[C@H]1CC(OC(=O)C(c1ccccc1)C1CCCC1)C2.COS(=O)(=O)[O-]. The summed E-state index contributed by atoms with van der Waals surface area (Å²) >= 11 is 0. The summed E-state index contributed by atoms with van der Waals surface area (Å²) in [5.41, 5.74) is 1.09. The Balaban J connectivity index is 0.000000509. The van der Waals surface area contributed by atoms with E-state index in [2.05, 4.69) is 23.4 Å². The molecule has 1 aromatic carbocycles. The van der Waals surface area contributed by atoms with E-state index >= 15 is 0 Å². The maximum Gasteiger partial charge on any atom is 0.361 e. The second kappa shape index (κ2) is 11.8. The average Bonchev–Trinajstić information content (AvgIpc) is 3.37. The van der Waals surface area contributed by atoms with Gasteiger partial charge in [0.25, 0.3) is 0 Å². The van der Waals surface area contributed by atoms with Crippen LogP contribution in [0.15, 0.2) is 30.3 Å². The zero-order valence-electron chi connectivity index (χ0n) is 20.8. The summed E-state index contributed by atoms with van der Waals surface area (Å²) in [7, 11) is 0.0211. The van der Waals surface area contributed by atoms with Crippen molar-refractivity contribution in [3.8, 4) is 0 Å². The number of benzene rings is 1. The molecular formula is C25H37NO8S. The van der Waals surface area contributed by atoms with Gasteiger partial charge in [-0.3, -0.25) is 8.98 Å². The number of quaternary nitrogens is 1. The second-order valence-electron chi connectivity index (χ2n) is 10.0. The minimum Gasteiger partial charge on any atom is -0.726 e. The summed E-state index contributed by atoms with van der Waals surface area (Å²) in [4.78, 5) is 25.3. The molecule has 1 aliphatic carbocycles. The van der Waals surface area contributed by atoms with Crippen LogP contribution in [0.25, 0.3) is 0 Å². The predicted octanol–water partition coefficient (Wildman–Crippen LogP) is 2.91. The lowest BCUT2D eigenvalue weighted by atomic mass is 9.84. The van der Waals surface area contributed by atoms with Gasteiger partial charge in [0.2, 0.25) is 10.4 Å². The van der Waals surface area contributed by atoms with Gasteiger partial charge >= 0.3 is 11.9 Å². The molecule has 2 aliphatic heterocycles. The van der Waals surface area contributed by atoms with E-state index in [0.717, 1.165) is 55.7 Å². The van der Waals surface area contributed by atoms with E-state index in [1.54, 1.807) is 0 Å². The molecule has 5 atom stereocenters. The van der Waals surface area contributed by atoms with E-state index in [1.165, 1.54) is 20.0 Å². The average molecular weight is 512 g/mol. The third-order valence-electron chi connectivity index (χ3n) is 8.04. The predicted molar refractivity (Wildman–Crippen MR) is 127 cm³/mol. The van der Waals surface area contributed by atoms with Crippen LogP contribution in [0, 0.1) is 5.92 Å². The lowest BCUT2D eigenvalue weighted by molar-refractivity contribution is -0.942. The molecule has 1 aromatic rings. The minimum absolute atomic E-state index is 0.0311. The highest BCUT2D eigenvalue weighted by atomic mass is 32.3. The van der Waals surface area contributed by atoms with Crippen LogP contribution in [0.1, 0.15) is 62.8 Å². The number of methoxy groups -OCH3 is 1. The molecule has 2 saturated heterocycles. The van der Waals surface area contributed by atoms with E-state index < -0.39 is 10.4 Å². The Hall–Kier alpha value is -2.01. The van der Waals surface area contributed by atoms with Gasteiger partial charge in [0.05, 0.1) is 39.3 Å². The second-order valence-corrected chi connectivity index (χ2v) is 11.2.